The Morgan fingerprint density at radius 1 is 1.60 bits per heavy atom. The van der Waals surface area contributed by atoms with E-state index in [0.29, 0.717) is 10.1 Å². The van der Waals surface area contributed by atoms with Gasteiger partial charge >= 0.3 is 5.97 Å². The summed E-state index contributed by atoms with van der Waals surface area (Å²) in [5, 5.41) is 1.57. The molecule has 0 radical (unpaired) electrons. The second kappa shape index (κ2) is 5.51. The SMILES string of the molecule is COC(=O)c1sc(CSC(C)C)nc1C. The third-order valence-electron chi connectivity index (χ3n) is 1.75. The van der Waals surface area contributed by atoms with Gasteiger partial charge in [0.2, 0.25) is 0 Å². The lowest BCUT2D eigenvalue weighted by Gasteiger charge is -2.00. The number of carbonyl (C=O) groups excluding carboxylic acids is 1. The number of carbonyl (C=O) groups is 1. The van der Waals surface area contributed by atoms with Gasteiger partial charge < -0.3 is 4.74 Å². The lowest BCUT2D eigenvalue weighted by Crippen LogP contribution is -1.99. The number of thiazole rings is 1. The topological polar surface area (TPSA) is 39.2 Å². The zero-order chi connectivity index (χ0) is 11.4. The van der Waals surface area contributed by atoms with Gasteiger partial charge in [-0.05, 0) is 12.2 Å². The highest BCUT2D eigenvalue weighted by molar-refractivity contribution is 7.99. The Hall–Kier alpha value is -0.550. The molecular weight excluding hydrogens is 230 g/mol. The number of ether oxygens (including phenoxy) is 1. The van der Waals surface area contributed by atoms with Crippen molar-refractivity contribution in [2.24, 2.45) is 0 Å². The van der Waals surface area contributed by atoms with Crippen LogP contribution in [0.5, 0.6) is 0 Å². The number of aromatic nitrogens is 1. The average Bonchev–Trinajstić information content (AvgIpc) is 2.55. The maximum atomic E-state index is 11.3. The Bertz CT molecular complexity index is 347. The van der Waals surface area contributed by atoms with E-state index in [2.05, 4.69) is 23.6 Å². The van der Waals surface area contributed by atoms with Gasteiger partial charge in [-0.25, -0.2) is 9.78 Å². The first-order valence-corrected chi connectivity index (χ1v) is 6.57. The molecule has 0 saturated heterocycles. The van der Waals surface area contributed by atoms with E-state index < -0.39 is 0 Å². The Labute approximate surface area is 98.2 Å². The number of thioether (sulfide) groups is 1. The summed E-state index contributed by atoms with van der Waals surface area (Å²) in [6, 6.07) is 0. The second-order valence-corrected chi connectivity index (χ2v) is 6.02. The third-order valence-corrected chi connectivity index (χ3v) is 4.18. The highest BCUT2D eigenvalue weighted by Crippen LogP contribution is 2.24. The fraction of sp³-hybridized carbons (Fsp3) is 0.600. The van der Waals surface area contributed by atoms with Crippen LogP contribution in [0.25, 0.3) is 0 Å². The predicted octanol–water partition coefficient (Wildman–Crippen LogP) is 2.88. The van der Waals surface area contributed by atoms with Crippen LogP contribution in [0.3, 0.4) is 0 Å². The first-order valence-electron chi connectivity index (χ1n) is 4.70. The van der Waals surface area contributed by atoms with E-state index in [9.17, 15) is 4.79 Å². The fourth-order valence-corrected chi connectivity index (χ4v) is 2.79. The number of nitrogens with zero attached hydrogens (tertiary/aromatic N) is 1. The van der Waals surface area contributed by atoms with Gasteiger partial charge in [0.1, 0.15) is 9.88 Å². The maximum Gasteiger partial charge on any atom is 0.349 e. The second-order valence-electron chi connectivity index (χ2n) is 3.37. The third kappa shape index (κ3) is 3.50. The smallest absolute Gasteiger partial charge is 0.349 e. The summed E-state index contributed by atoms with van der Waals surface area (Å²) in [5.74, 6) is 0.575. The van der Waals surface area contributed by atoms with Crippen LogP contribution >= 0.6 is 23.1 Å². The number of esters is 1. The quantitative estimate of drug-likeness (QED) is 0.765. The van der Waals surface area contributed by atoms with E-state index in [0.717, 1.165) is 16.5 Å². The Morgan fingerprint density at radius 2 is 2.27 bits per heavy atom. The standard InChI is InChI=1S/C10H15NO2S2/c1-6(2)14-5-8-11-7(3)9(15-8)10(12)13-4/h6H,5H2,1-4H3. The molecule has 1 rings (SSSR count). The van der Waals surface area contributed by atoms with Crippen LogP contribution in [0.2, 0.25) is 0 Å². The van der Waals surface area contributed by atoms with E-state index in [1.54, 1.807) is 0 Å². The Morgan fingerprint density at radius 3 is 2.80 bits per heavy atom. The van der Waals surface area contributed by atoms with Gasteiger partial charge in [-0.15, -0.1) is 11.3 Å². The van der Waals surface area contributed by atoms with Crippen molar-refractivity contribution in [2.45, 2.75) is 31.8 Å². The molecule has 0 bridgehead atoms. The molecule has 84 valence electrons. The molecule has 0 aliphatic rings. The van der Waals surface area contributed by atoms with Crippen molar-refractivity contribution in [3.05, 3.63) is 15.6 Å². The van der Waals surface area contributed by atoms with Crippen molar-refractivity contribution in [3.63, 3.8) is 0 Å². The van der Waals surface area contributed by atoms with Gasteiger partial charge in [0, 0.05) is 5.75 Å². The van der Waals surface area contributed by atoms with Crippen LogP contribution in [-0.2, 0) is 10.5 Å². The number of hydrogen-bond donors (Lipinski definition) is 0. The summed E-state index contributed by atoms with van der Waals surface area (Å²) in [6.45, 7) is 6.13. The minimum atomic E-state index is -0.286. The van der Waals surface area contributed by atoms with Gasteiger partial charge in [-0.2, -0.15) is 11.8 Å². The summed E-state index contributed by atoms with van der Waals surface area (Å²) in [6.07, 6.45) is 0. The molecule has 0 N–H and O–H groups in total. The Balaban J connectivity index is 2.72. The molecule has 0 amide bonds. The number of rotatable bonds is 4. The summed E-state index contributed by atoms with van der Waals surface area (Å²) in [7, 11) is 1.39. The van der Waals surface area contributed by atoms with Crippen LogP contribution < -0.4 is 0 Å². The van der Waals surface area contributed by atoms with Crippen LogP contribution in [0.15, 0.2) is 0 Å². The van der Waals surface area contributed by atoms with Gasteiger partial charge in [0.25, 0.3) is 0 Å². The summed E-state index contributed by atoms with van der Waals surface area (Å²) >= 11 is 3.25. The van der Waals surface area contributed by atoms with E-state index in [-0.39, 0.29) is 5.97 Å². The van der Waals surface area contributed by atoms with Crippen LogP contribution in [0.1, 0.15) is 34.2 Å². The first kappa shape index (κ1) is 12.5. The zero-order valence-corrected chi connectivity index (χ0v) is 11.0. The Kier molecular flexibility index (Phi) is 4.60. The number of aryl methyl sites for hydroxylation is 1. The summed E-state index contributed by atoms with van der Waals surface area (Å²) in [4.78, 5) is 16.3. The molecule has 1 heterocycles. The molecule has 0 spiro atoms. The van der Waals surface area contributed by atoms with Crippen molar-refractivity contribution in [2.75, 3.05) is 7.11 Å². The summed E-state index contributed by atoms with van der Waals surface area (Å²) in [5.41, 5.74) is 0.770. The minimum absolute atomic E-state index is 0.286. The van der Waals surface area contributed by atoms with Gasteiger partial charge in [0.05, 0.1) is 12.8 Å². The highest BCUT2D eigenvalue weighted by Gasteiger charge is 2.15. The zero-order valence-electron chi connectivity index (χ0n) is 9.36. The molecule has 5 heteroatoms. The van der Waals surface area contributed by atoms with E-state index in [1.807, 2.05) is 18.7 Å². The number of hydrogen-bond acceptors (Lipinski definition) is 5. The van der Waals surface area contributed by atoms with Crippen molar-refractivity contribution in [1.82, 2.24) is 4.98 Å². The van der Waals surface area contributed by atoms with Crippen LogP contribution in [0.4, 0.5) is 0 Å². The predicted molar refractivity (Wildman–Crippen MR) is 64.6 cm³/mol. The fourth-order valence-electron chi connectivity index (χ4n) is 1.03. The molecule has 1 aromatic heterocycles. The van der Waals surface area contributed by atoms with Crippen LogP contribution in [-0.4, -0.2) is 23.3 Å². The average molecular weight is 245 g/mol. The molecule has 0 aliphatic heterocycles. The first-order chi connectivity index (χ1) is 7.04. The van der Waals surface area contributed by atoms with E-state index in [1.165, 1.54) is 18.4 Å². The summed E-state index contributed by atoms with van der Waals surface area (Å²) < 4.78 is 4.68. The molecule has 1 aromatic rings. The van der Waals surface area contributed by atoms with Crippen molar-refractivity contribution < 1.29 is 9.53 Å². The lowest BCUT2D eigenvalue weighted by atomic mass is 10.4. The molecule has 0 unspecified atom stereocenters. The van der Waals surface area contributed by atoms with E-state index in [4.69, 9.17) is 0 Å². The normalized spacial score (nSPS) is 10.7. The molecule has 3 nitrogen and oxygen atoms in total. The monoisotopic (exact) mass is 245 g/mol. The lowest BCUT2D eigenvalue weighted by molar-refractivity contribution is 0.0605. The molecule has 15 heavy (non-hydrogen) atoms. The molecule has 0 aliphatic carbocycles. The van der Waals surface area contributed by atoms with Crippen molar-refractivity contribution in [1.29, 1.82) is 0 Å². The van der Waals surface area contributed by atoms with Gasteiger partial charge in [-0.3, -0.25) is 0 Å². The molecule has 0 fully saturated rings. The van der Waals surface area contributed by atoms with Gasteiger partial charge in [-0.1, -0.05) is 13.8 Å². The molecular formula is C10H15NO2S2. The van der Waals surface area contributed by atoms with E-state index >= 15 is 0 Å². The van der Waals surface area contributed by atoms with Crippen molar-refractivity contribution >= 4 is 29.1 Å². The maximum absolute atomic E-state index is 11.3. The van der Waals surface area contributed by atoms with Crippen LogP contribution in [0, 0.1) is 6.92 Å². The molecule has 0 aromatic carbocycles. The molecule has 0 atom stereocenters. The number of methoxy groups -OCH3 is 1. The van der Waals surface area contributed by atoms with Gasteiger partial charge in [0.15, 0.2) is 0 Å². The largest absolute Gasteiger partial charge is 0.465 e. The minimum Gasteiger partial charge on any atom is -0.465 e. The highest BCUT2D eigenvalue weighted by atomic mass is 32.2. The molecule has 0 saturated carbocycles. The van der Waals surface area contributed by atoms with Crippen molar-refractivity contribution in [3.8, 4) is 0 Å².